The molecule has 3 heterocycles. The number of hydrogen-bond acceptors (Lipinski definition) is 13. The molecule has 47 heavy (non-hydrogen) atoms. The van der Waals surface area contributed by atoms with Gasteiger partial charge in [-0.2, -0.15) is 15.1 Å². The van der Waals surface area contributed by atoms with Crippen molar-refractivity contribution >= 4 is 41.6 Å². The van der Waals surface area contributed by atoms with Crippen LogP contribution >= 0.6 is 7.75 Å². The summed E-state index contributed by atoms with van der Waals surface area (Å²) >= 11 is 0. The first-order chi connectivity index (χ1) is 22.5. The maximum Gasteiger partial charge on any atom is 0.459 e. The number of rotatable bonds is 14. The molecule has 17 nitrogen and oxygen atoms in total. The number of ether oxygens (including phenoxy) is 3. The first kappa shape index (κ1) is 33.9. The molecule has 1 aliphatic rings. The Kier molecular flexibility index (Phi) is 10.2. The number of anilines is 1. The van der Waals surface area contributed by atoms with Crippen molar-refractivity contribution in [3.63, 3.8) is 0 Å². The molecular formula is C29H36N9O8P. The van der Waals surface area contributed by atoms with E-state index in [1.54, 1.807) is 24.3 Å². The number of carbonyl (C=O) groups is 1. The molecule has 6 atom stereocenters. The molecule has 250 valence electrons. The van der Waals surface area contributed by atoms with Crippen LogP contribution in [0.4, 0.5) is 5.95 Å². The molecule has 0 radical (unpaired) electrons. The van der Waals surface area contributed by atoms with Crippen molar-refractivity contribution < 1.29 is 37.7 Å². The van der Waals surface area contributed by atoms with Crippen molar-refractivity contribution in [2.45, 2.75) is 63.6 Å². The van der Waals surface area contributed by atoms with E-state index in [-0.39, 0.29) is 35.3 Å². The molecule has 0 spiro atoms. The van der Waals surface area contributed by atoms with E-state index in [1.807, 2.05) is 25.1 Å². The third kappa shape index (κ3) is 6.95. The fourth-order valence-corrected chi connectivity index (χ4v) is 6.72. The van der Waals surface area contributed by atoms with Crippen LogP contribution in [0.25, 0.3) is 32.4 Å². The number of aliphatic hydroxyl groups excluding tert-OH is 1. The molecule has 5 rings (SSSR count). The molecule has 2 aromatic carbocycles. The van der Waals surface area contributed by atoms with E-state index < -0.39 is 50.3 Å². The third-order valence-electron chi connectivity index (χ3n) is 7.69. The van der Waals surface area contributed by atoms with E-state index >= 15 is 0 Å². The zero-order chi connectivity index (χ0) is 33.8. The molecule has 0 aliphatic carbocycles. The number of aliphatic hydroxyl groups is 1. The minimum Gasteiger partial charge on any atom is -0.479 e. The molecule has 2 aromatic heterocycles. The summed E-state index contributed by atoms with van der Waals surface area (Å²) in [6, 6.07) is 11.4. The Morgan fingerprint density at radius 3 is 2.81 bits per heavy atom. The number of esters is 1. The Morgan fingerprint density at radius 2 is 2.06 bits per heavy atom. The average Bonchev–Trinajstić information content (AvgIpc) is 3.57. The van der Waals surface area contributed by atoms with Gasteiger partial charge in [-0.15, -0.1) is 0 Å². The van der Waals surface area contributed by atoms with E-state index in [2.05, 4.69) is 30.1 Å². The summed E-state index contributed by atoms with van der Waals surface area (Å²) in [6.45, 7) is 4.59. The molecule has 4 aromatic rings. The number of carbonyl (C=O) groups excluding carboxylic acids is 1. The van der Waals surface area contributed by atoms with Gasteiger partial charge in [0.1, 0.15) is 23.4 Å². The van der Waals surface area contributed by atoms with Gasteiger partial charge in [0.25, 0.3) is 0 Å². The second-order valence-corrected chi connectivity index (χ2v) is 12.7. The fourth-order valence-electron chi connectivity index (χ4n) is 5.20. The van der Waals surface area contributed by atoms with Crippen molar-refractivity contribution in [1.29, 1.82) is 0 Å². The van der Waals surface area contributed by atoms with Gasteiger partial charge in [0.05, 0.1) is 32.8 Å². The molecule has 0 amide bonds. The van der Waals surface area contributed by atoms with Gasteiger partial charge in [-0.05, 0) is 37.3 Å². The number of aromatic nitrogens is 4. The maximum atomic E-state index is 14.4. The predicted molar refractivity (Wildman–Crippen MR) is 170 cm³/mol. The normalized spacial score (nSPS) is 22.8. The molecule has 0 bridgehead atoms. The molecule has 4 N–H and O–H groups in total. The summed E-state index contributed by atoms with van der Waals surface area (Å²) in [4.78, 5) is 28.2. The van der Waals surface area contributed by atoms with Crippen LogP contribution in [0, 0.1) is 0 Å². The van der Waals surface area contributed by atoms with Gasteiger partial charge < -0.3 is 29.6 Å². The summed E-state index contributed by atoms with van der Waals surface area (Å²) in [7, 11) is -2.99. The highest BCUT2D eigenvalue weighted by Crippen LogP contribution is 2.49. The average molecular weight is 670 g/mol. The Balaban J connectivity index is 1.44. The van der Waals surface area contributed by atoms with E-state index in [1.165, 1.54) is 31.9 Å². The molecule has 2 unspecified atom stereocenters. The first-order valence-electron chi connectivity index (χ1n) is 14.8. The Bertz CT molecular complexity index is 1850. The van der Waals surface area contributed by atoms with Crippen LogP contribution < -0.4 is 20.1 Å². The lowest BCUT2D eigenvalue weighted by Crippen LogP contribution is -2.43. The number of imidazole rings is 1. The van der Waals surface area contributed by atoms with Crippen LogP contribution in [0.15, 0.2) is 53.9 Å². The lowest BCUT2D eigenvalue weighted by Gasteiger charge is -2.28. The van der Waals surface area contributed by atoms with Gasteiger partial charge in [0.15, 0.2) is 17.4 Å². The van der Waals surface area contributed by atoms with Gasteiger partial charge in [-0.3, -0.25) is 13.9 Å². The predicted octanol–water partition coefficient (Wildman–Crippen LogP) is 4.42. The van der Waals surface area contributed by atoms with Gasteiger partial charge in [-0.25, -0.2) is 9.55 Å². The second kappa shape index (κ2) is 14.1. The molecule has 0 saturated carbocycles. The zero-order valence-electron chi connectivity index (χ0n) is 26.2. The smallest absolute Gasteiger partial charge is 0.459 e. The summed E-state index contributed by atoms with van der Waals surface area (Å²) in [5.74, 6) is -0.429. The highest BCUT2D eigenvalue weighted by Gasteiger charge is 2.55. The SMILES string of the molecule is CCCCOC(=O)[C@H](C)NP(=O)(OC[C@H]1O[C@@H](n2cnc3c(OC)nc(N)nc32)[C@](C)(N=[N+]=[N-])C1O)Oc1cccc2ccccc12. The molecule has 1 saturated heterocycles. The number of nitrogens with one attached hydrogen (secondary N) is 1. The molecule has 1 aliphatic heterocycles. The number of unbranched alkanes of at least 4 members (excludes halogenated alkanes) is 1. The third-order valence-corrected chi connectivity index (χ3v) is 9.32. The minimum atomic E-state index is -4.39. The van der Waals surface area contributed by atoms with Crippen LogP contribution in [-0.2, 0) is 23.4 Å². The lowest BCUT2D eigenvalue weighted by atomic mass is 9.93. The summed E-state index contributed by atoms with van der Waals surface area (Å²) in [5, 5.41) is 19.4. The first-order valence-corrected chi connectivity index (χ1v) is 16.4. The van der Waals surface area contributed by atoms with Crippen LogP contribution in [0.3, 0.4) is 0 Å². The van der Waals surface area contributed by atoms with E-state index in [4.69, 9.17) is 29.0 Å². The number of nitrogens with two attached hydrogens (primary N) is 1. The lowest BCUT2D eigenvalue weighted by molar-refractivity contribution is -0.145. The monoisotopic (exact) mass is 669 g/mol. The number of nitrogens with zero attached hydrogens (tertiary/aromatic N) is 7. The van der Waals surface area contributed by atoms with E-state index in [0.717, 1.165) is 11.8 Å². The van der Waals surface area contributed by atoms with Crippen LogP contribution in [0.5, 0.6) is 11.6 Å². The van der Waals surface area contributed by atoms with Crippen molar-refractivity contribution in [1.82, 2.24) is 24.6 Å². The number of fused-ring (bicyclic) bond motifs is 2. The fraction of sp³-hybridized carbons (Fsp3) is 0.448. The number of methoxy groups -OCH3 is 1. The Morgan fingerprint density at radius 1 is 1.30 bits per heavy atom. The highest BCUT2D eigenvalue weighted by molar-refractivity contribution is 7.52. The van der Waals surface area contributed by atoms with Crippen molar-refractivity contribution in [2.24, 2.45) is 5.11 Å². The number of hydrogen-bond donors (Lipinski definition) is 3. The Hall–Kier alpha value is -4.50. The van der Waals surface area contributed by atoms with Crippen molar-refractivity contribution in [3.8, 4) is 11.6 Å². The van der Waals surface area contributed by atoms with Gasteiger partial charge in [-0.1, -0.05) is 54.9 Å². The second-order valence-electron chi connectivity index (χ2n) is 11.0. The van der Waals surface area contributed by atoms with Crippen LogP contribution in [-0.4, -0.2) is 74.7 Å². The molecule has 1 fully saturated rings. The number of azide groups is 1. The Labute approximate surface area is 269 Å². The zero-order valence-corrected chi connectivity index (χ0v) is 27.1. The van der Waals surface area contributed by atoms with Crippen molar-refractivity contribution in [3.05, 3.63) is 59.2 Å². The highest BCUT2D eigenvalue weighted by atomic mass is 31.2. The van der Waals surface area contributed by atoms with E-state index in [0.29, 0.717) is 11.8 Å². The topological polar surface area (TPSA) is 231 Å². The van der Waals surface area contributed by atoms with Gasteiger partial charge in [0, 0.05) is 10.3 Å². The summed E-state index contributed by atoms with van der Waals surface area (Å²) in [5.41, 5.74) is 14.1. The van der Waals surface area contributed by atoms with Gasteiger partial charge in [0.2, 0.25) is 11.8 Å². The van der Waals surface area contributed by atoms with E-state index in [9.17, 15) is 20.0 Å². The minimum absolute atomic E-state index is 0.107. The van der Waals surface area contributed by atoms with Gasteiger partial charge >= 0.3 is 13.7 Å². The quantitative estimate of drug-likeness (QED) is 0.0422. The number of nitrogen functional groups attached to an aromatic ring is 1. The van der Waals surface area contributed by atoms with Crippen molar-refractivity contribution in [2.75, 3.05) is 26.1 Å². The molecular weight excluding hydrogens is 633 g/mol. The summed E-state index contributed by atoms with van der Waals surface area (Å²) in [6.07, 6.45) is -1.03. The molecule has 18 heteroatoms. The standard InChI is InChI=1S/C29H36N9O8P/c1-5-6-14-43-26(40)17(2)35-47(41,46-20-13-9-11-18-10-7-8-12-19(18)20)44-15-21-23(39)29(3,36-37-31)27(45-21)38-16-32-22-24(38)33-28(30)34-25(22)42-4/h7-13,16-17,21,23,27,39H,5-6,14-15H2,1-4H3,(H,35,41)(H2,30,33,34)/t17-,21+,23?,27+,29+,47?/m0/s1. The maximum absolute atomic E-state index is 14.4. The van der Waals surface area contributed by atoms with Crippen LogP contribution in [0.2, 0.25) is 0 Å². The number of benzene rings is 2. The van der Waals surface area contributed by atoms with Crippen LogP contribution in [0.1, 0.15) is 39.8 Å². The largest absolute Gasteiger partial charge is 0.479 e. The summed E-state index contributed by atoms with van der Waals surface area (Å²) < 4.78 is 44.4.